The van der Waals surface area contributed by atoms with E-state index in [-0.39, 0.29) is 17.9 Å². The Labute approximate surface area is 135 Å². The van der Waals surface area contributed by atoms with E-state index in [2.05, 4.69) is 10.3 Å². The zero-order valence-corrected chi connectivity index (χ0v) is 13.8. The number of aromatic nitrogens is 1. The highest BCUT2D eigenvalue weighted by molar-refractivity contribution is 7.09. The number of amides is 3. The van der Waals surface area contributed by atoms with Gasteiger partial charge >= 0.3 is 6.03 Å². The van der Waals surface area contributed by atoms with Gasteiger partial charge in [-0.05, 0) is 32.1 Å². The maximum absolute atomic E-state index is 12.1. The maximum atomic E-state index is 12.1. The zero-order valence-electron chi connectivity index (χ0n) is 13.0. The number of hydrogen-bond acceptors (Lipinski definition) is 4. The molecule has 2 rings (SSSR count). The van der Waals surface area contributed by atoms with Crippen LogP contribution in [0, 0.1) is 12.8 Å². The van der Waals surface area contributed by atoms with Gasteiger partial charge in [0.1, 0.15) is 0 Å². The van der Waals surface area contributed by atoms with Gasteiger partial charge in [-0.25, -0.2) is 9.78 Å². The number of nitrogens with two attached hydrogens (primary N) is 1. The lowest BCUT2D eigenvalue weighted by Crippen LogP contribution is -2.46. The third-order valence-electron chi connectivity index (χ3n) is 3.81. The molecule has 1 atom stereocenters. The van der Waals surface area contributed by atoms with Crippen molar-refractivity contribution in [2.75, 3.05) is 19.6 Å². The number of aryl methyl sites for hydroxylation is 2. The predicted octanol–water partition coefficient (Wildman–Crippen LogP) is 1.68. The molecule has 0 aromatic carbocycles. The Kier molecular flexibility index (Phi) is 6.18. The van der Waals surface area contributed by atoms with Crippen LogP contribution < -0.4 is 11.1 Å². The van der Waals surface area contributed by atoms with Crippen molar-refractivity contribution in [2.45, 2.75) is 39.0 Å². The molecule has 1 fully saturated rings. The smallest absolute Gasteiger partial charge is 0.317 e. The first-order valence-electron chi connectivity index (χ1n) is 7.76. The molecule has 3 amide bonds. The van der Waals surface area contributed by atoms with Crippen molar-refractivity contribution in [3.05, 3.63) is 16.1 Å². The van der Waals surface area contributed by atoms with Gasteiger partial charge in [0.25, 0.3) is 0 Å². The summed E-state index contributed by atoms with van der Waals surface area (Å²) in [6.45, 7) is 4.02. The van der Waals surface area contributed by atoms with Crippen LogP contribution in [-0.4, -0.2) is 41.5 Å². The lowest BCUT2D eigenvalue weighted by molar-refractivity contribution is -0.119. The number of likely N-dealkylation sites (tertiary alicyclic amines) is 1. The van der Waals surface area contributed by atoms with E-state index in [0.29, 0.717) is 19.5 Å². The molecule has 122 valence electrons. The van der Waals surface area contributed by atoms with Crippen molar-refractivity contribution in [1.29, 1.82) is 0 Å². The summed E-state index contributed by atoms with van der Waals surface area (Å²) in [5, 5.41) is 6.11. The number of carbonyl (C=O) groups is 2. The fourth-order valence-corrected chi connectivity index (χ4v) is 3.58. The van der Waals surface area contributed by atoms with Crippen LogP contribution >= 0.6 is 11.3 Å². The normalized spacial score (nSPS) is 18.2. The van der Waals surface area contributed by atoms with Crippen LogP contribution in [0.15, 0.2) is 5.38 Å². The second-order valence-corrected chi connectivity index (χ2v) is 6.79. The van der Waals surface area contributed by atoms with Crippen LogP contribution in [0.4, 0.5) is 4.79 Å². The van der Waals surface area contributed by atoms with Gasteiger partial charge in [0.15, 0.2) is 0 Å². The summed E-state index contributed by atoms with van der Waals surface area (Å²) in [5.41, 5.74) is 6.29. The van der Waals surface area contributed by atoms with Crippen LogP contribution in [0.5, 0.6) is 0 Å². The maximum Gasteiger partial charge on any atom is 0.317 e. The van der Waals surface area contributed by atoms with Gasteiger partial charge in [0.05, 0.1) is 5.01 Å². The molecule has 1 saturated heterocycles. The second kappa shape index (κ2) is 8.12. The Bertz CT molecular complexity index is 517. The lowest BCUT2D eigenvalue weighted by atomic mass is 9.95. The highest BCUT2D eigenvalue weighted by atomic mass is 32.1. The summed E-state index contributed by atoms with van der Waals surface area (Å²) in [5.74, 6) is -0.0821. The molecule has 7 heteroatoms. The number of rotatable bonds is 6. The summed E-state index contributed by atoms with van der Waals surface area (Å²) in [4.78, 5) is 29.3. The van der Waals surface area contributed by atoms with E-state index < -0.39 is 0 Å². The molecule has 0 bridgehead atoms. The minimum absolute atomic E-state index is 0.0375. The SMILES string of the molecule is Cc1csc(CCCNC(=O)N2CCC[C@@H](CC(N)=O)C2)n1. The molecule has 0 unspecified atom stereocenters. The zero-order chi connectivity index (χ0) is 15.9. The number of thiazole rings is 1. The fourth-order valence-electron chi connectivity index (χ4n) is 2.76. The van der Waals surface area contributed by atoms with Crippen LogP contribution in [0.2, 0.25) is 0 Å². The van der Waals surface area contributed by atoms with Crippen LogP contribution in [-0.2, 0) is 11.2 Å². The number of nitrogens with zero attached hydrogens (tertiary/aromatic N) is 2. The first kappa shape index (κ1) is 16.7. The average molecular weight is 324 g/mol. The van der Waals surface area contributed by atoms with Crippen molar-refractivity contribution in [1.82, 2.24) is 15.2 Å². The molecule has 6 nitrogen and oxygen atoms in total. The van der Waals surface area contributed by atoms with Gasteiger partial charge in [-0.1, -0.05) is 0 Å². The van der Waals surface area contributed by atoms with Crippen LogP contribution in [0.1, 0.15) is 36.4 Å². The number of carbonyl (C=O) groups excluding carboxylic acids is 2. The monoisotopic (exact) mass is 324 g/mol. The Hall–Kier alpha value is -1.63. The minimum Gasteiger partial charge on any atom is -0.370 e. The van der Waals surface area contributed by atoms with Crippen molar-refractivity contribution in [3.8, 4) is 0 Å². The highest BCUT2D eigenvalue weighted by Crippen LogP contribution is 2.19. The van der Waals surface area contributed by atoms with Gasteiger partial charge in [-0.3, -0.25) is 4.79 Å². The van der Waals surface area contributed by atoms with Crippen molar-refractivity contribution >= 4 is 23.3 Å². The Morgan fingerprint density at radius 2 is 2.36 bits per heavy atom. The molecule has 2 heterocycles. The second-order valence-electron chi connectivity index (χ2n) is 5.84. The molecule has 22 heavy (non-hydrogen) atoms. The summed E-state index contributed by atoms with van der Waals surface area (Å²) in [6, 6.07) is -0.0375. The number of nitrogens with one attached hydrogen (secondary N) is 1. The Balaban J connectivity index is 1.67. The molecular weight excluding hydrogens is 300 g/mol. The van der Waals surface area contributed by atoms with E-state index in [4.69, 9.17) is 5.73 Å². The van der Waals surface area contributed by atoms with Gasteiger partial charge in [-0.15, -0.1) is 11.3 Å². The summed E-state index contributed by atoms with van der Waals surface area (Å²) >= 11 is 1.66. The topological polar surface area (TPSA) is 88.3 Å². The number of hydrogen-bond donors (Lipinski definition) is 2. The summed E-state index contributed by atoms with van der Waals surface area (Å²) in [6.07, 6.45) is 4.05. The van der Waals surface area contributed by atoms with E-state index in [9.17, 15) is 9.59 Å². The van der Waals surface area contributed by atoms with Crippen molar-refractivity contribution in [2.24, 2.45) is 11.7 Å². The quantitative estimate of drug-likeness (QED) is 0.780. The minimum atomic E-state index is -0.286. The van der Waals surface area contributed by atoms with Crippen molar-refractivity contribution in [3.63, 3.8) is 0 Å². The van der Waals surface area contributed by atoms with E-state index in [1.54, 1.807) is 16.2 Å². The molecule has 1 aromatic rings. The van der Waals surface area contributed by atoms with Crippen LogP contribution in [0.25, 0.3) is 0 Å². The fraction of sp³-hybridized carbons (Fsp3) is 0.667. The summed E-state index contributed by atoms with van der Waals surface area (Å²) in [7, 11) is 0. The molecule has 1 aromatic heterocycles. The number of primary amides is 1. The summed E-state index contributed by atoms with van der Waals surface area (Å²) < 4.78 is 0. The van der Waals surface area contributed by atoms with E-state index in [1.807, 2.05) is 12.3 Å². The molecule has 3 N–H and O–H groups in total. The lowest BCUT2D eigenvalue weighted by Gasteiger charge is -2.32. The van der Waals surface area contributed by atoms with Crippen LogP contribution in [0.3, 0.4) is 0 Å². The molecular formula is C15H24N4O2S. The average Bonchev–Trinajstić information content (AvgIpc) is 2.88. The third kappa shape index (κ3) is 5.29. The van der Waals surface area contributed by atoms with Gasteiger partial charge in [-0.2, -0.15) is 0 Å². The Morgan fingerprint density at radius 3 is 3.05 bits per heavy atom. The van der Waals surface area contributed by atoms with Gasteiger partial charge < -0.3 is 16.0 Å². The molecule has 0 spiro atoms. The number of piperidine rings is 1. The highest BCUT2D eigenvalue weighted by Gasteiger charge is 2.24. The largest absolute Gasteiger partial charge is 0.370 e. The third-order valence-corrected chi connectivity index (χ3v) is 4.83. The molecule has 0 aliphatic carbocycles. The van der Waals surface area contributed by atoms with Gasteiger partial charge in [0, 0.05) is 43.5 Å². The number of urea groups is 1. The Morgan fingerprint density at radius 1 is 1.55 bits per heavy atom. The first-order chi connectivity index (χ1) is 10.5. The van der Waals surface area contributed by atoms with E-state index in [1.165, 1.54) is 0 Å². The molecule has 0 radical (unpaired) electrons. The predicted molar refractivity (Wildman–Crippen MR) is 86.7 cm³/mol. The van der Waals surface area contributed by atoms with Gasteiger partial charge in [0.2, 0.25) is 5.91 Å². The molecule has 1 aliphatic heterocycles. The first-order valence-corrected chi connectivity index (χ1v) is 8.64. The van der Waals surface area contributed by atoms with Crippen molar-refractivity contribution < 1.29 is 9.59 Å². The molecule has 1 aliphatic rings. The van der Waals surface area contributed by atoms with E-state index in [0.717, 1.165) is 42.9 Å². The molecule has 0 saturated carbocycles. The van der Waals surface area contributed by atoms with E-state index >= 15 is 0 Å². The standard InChI is InChI=1S/C15H24N4O2S/c1-11-10-22-14(18-11)5-2-6-17-15(21)19-7-3-4-12(9-19)8-13(16)20/h10,12H,2-9H2,1H3,(H2,16,20)(H,17,21)/t12-/m0/s1.